The second-order valence-corrected chi connectivity index (χ2v) is 13.5. The highest BCUT2D eigenvalue weighted by Gasteiger charge is 2.21. The van der Waals surface area contributed by atoms with Crippen LogP contribution in [0.2, 0.25) is 0 Å². The molecule has 9 aromatic rings. The van der Waals surface area contributed by atoms with Gasteiger partial charge in [-0.2, -0.15) is 0 Å². The van der Waals surface area contributed by atoms with Gasteiger partial charge in [-0.25, -0.2) is 15.0 Å². The van der Waals surface area contributed by atoms with Crippen molar-refractivity contribution in [2.75, 3.05) is 0 Å². The fraction of sp³-hybridized carbons (Fsp3) is 0.0400. The zero-order valence-electron chi connectivity index (χ0n) is 30.6. The highest BCUT2D eigenvalue weighted by molar-refractivity contribution is 6.11. The summed E-state index contributed by atoms with van der Waals surface area (Å²) in [6.07, 6.45) is 9.86. The summed E-state index contributed by atoms with van der Waals surface area (Å²) in [6, 6.07) is 48.1. The highest BCUT2D eigenvalue weighted by atomic mass is 16.3. The van der Waals surface area contributed by atoms with Gasteiger partial charge in [0.1, 0.15) is 11.2 Å². The number of nitrogens with zero attached hydrogens (tertiary/aromatic N) is 4. The number of hydrogen-bond donors (Lipinski definition) is 0. The maximum atomic E-state index is 6.69. The summed E-state index contributed by atoms with van der Waals surface area (Å²) in [4.78, 5) is 20.4. The van der Waals surface area contributed by atoms with Gasteiger partial charge in [0, 0.05) is 39.4 Å². The molecule has 0 N–H and O–H groups in total. The van der Waals surface area contributed by atoms with E-state index >= 15 is 0 Å². The van der Waals surface area contributed by atoms with Crippen LogP contribution in [0.25, 0.3) is 94.7 Å². The Hall–Kier alpha value is -7.24. The van der Waals surface area contributed by atoms with Crippen molar-refractivity contribution in [3.63, 3.8) is 0 Å². The van der Waals surface area contributed by atoms with E-state index in [1.807, 2.05) is 56.5 Å². The van der Waals surface area contributed by atoms with Crippen LogP contribution in [0.3, 0.4) is 0 Å². The number of para-hydroxylation sites is 1. The van der Waals surface area contributed by atoms with Crippen molar-refractivity contribution in [1.29, 1.82) is 0 Å². The van der Waals surface area contributed by atoms with Crippen LogP contribution in [0, 0.1) is 6.92 Å². The number of aryl methyl sites for hydroxylation is 1. The molecule has 262 valence electrons. The molecular weight excluding hydrogens is 673 g/mol. The van der Waals surface area contributed by atoms with Crippen molar-refractivity contribution in [2.24, 2.45) is 0 Å². The zero-order chi connectivity index (χ0) is 37.3. The molecule has 0 spiro atoms. The average Bonchev–Trinajstić information content (AvgIpc) is 3.62. The van der Waals surface area contributed by atoms with Crippen LogP contribution in [0.4, 0.5) is 0 Å². The zero-order valence-corrected chi connectivity index (χ0v) is 30.6. The van der Waals surface area contributed by atoms with Gasteiger partial charge in [0.2, 0.25) is 0 Å². The molecule has 3 aromatic heterocycles. The van der Waals surface area contributed by atoms with Crippen molar-refractivity contribution in [1.82, 2.24) is 19.9 Å². The molecule has 0 saturated carbocycles. The minimum atomic E-state index is 0.522. The van der Waals surface area contributed by atoms with E-state index in [1.165, 1.54) is 0 Å². The maximum absolute atomic E-state index is 6.69. The Balaban J connectivity index is 1.33. The second-order valence-electron chi connectivity index (χ2n) is 13.5. The first-order valence-corrected chi connectivity index (χ1v) is 18.4. The minimum absolute atomic E-state index is 0.522. The third-order valence-electron chi connectivity index (χ3n) is 9.94. The first-order valence-electron chi connectivity index (χ1n) is 18.4. The molecule has 5 heteroatoms. The fourth-order valence-electron chi connectivity index (χ4n) is 7.32. The van der Waals surface area contributed by atoms with E-state index in [9.17, 15) is 0 Å². The summed E-state index contributed by atoms with van der Waals surface area (Å²) in [5.74, 6) is 1.67. The number of rotatable bonds is 8. The number of fused-ring (bicyclic) bond motifs is 4. The van der Waals surface area contributed by atoms with Crippen molar-refractivity contribution in [2.45, 2.75) is 13.8 Å². The molecule has 0 atom stereocenters. The van der Waals surface area contributed by atoms with Gasteiger partial charge in [0.15, 0.2) is 17.5 Å². The van der Waals surface area contributed by atoms with Gasteiger partial charge in [-0.15, -0.1) is 0 Å². The third kappa shape index (κ3) is 6.32. The Labute approximate surface area is 319 Å². The largest absolute Gasteiger partial charge is 0.455 e. The van der Waals surface area contributed by atoms with Crippen LogP contribution < -0.4 is 0 Å². The van der Waals surface area contributed by atoms with E-state index in [-0.39, 0.29) is 0 Å². The third-order valence-corrected chi connectivity index (χ3v) is 9.94. The van der Waals surface area contributed by atoms with Gasteiger partial charge in [-0.05, 0) is 82.8 Å². The summed E-state index contributed by atoms with van der Waals surface area (Å²) in [6.45, 7) is 7.96. The number of allylic oxidation sites excluding steroid dienone is 5. The van der Waals surface area contributed by atoms with E-state index in [0.29, 0.717) is 17.5 Å². The van der Waals surface area contributed by atoms with Crippen molar-refractivity contribution < 1.29 is 4.42 Å². The van der Waals surface area contributed by atoms with Crippen LogP contribution in [0.1, 0.15) is 18.2 Å². The van der Waals surface area contributed by atoms with E-state index in [1.54, 1.807) is 6.08 Å². The van der Waals surface area contributed by atoms with Gasteiger partial charge >= 0.3 is 0 Å². The minimum Gasteiger partial charge on any atom is -0.455 e. The molecule has 0 saturated heterocycles. The summed E-state index contributed by atoms with van der Waals surface area (Å²) in [5.41, 5.74) is 11.4. The summed E-state index contributed by atoms with van der Waals surface area (Å²) in [5, 5.41) is 4.19. The SMILES string of the molecule is C=C/C=C(\C=C/C)c1cccc(-c2nc(-c3cccc4ccccc34)nc(-c3cc(-c4ccccc4-c4ccc(C)nc4)cc4c3oc3ccccc34)n2)c1. The van der Waals surface area contributed by atoms with Crippen molar-refractivity contribution >= 4 is 38.3 Å². The van der Waals surface area contributed by atoms with E-state index in [4.69, 9.17) is 19.4 Å². The predicted octanol–water partition coefficient (Wildman–Crippen LogP) is 13.1. The lowest BCUT2D eigenvalue weighted by Crippen LogP contribution is -2.01. The molecule has 6 aromatic carbocycles. The summed E-state index contributed by atoms with van der Waals surface area (Å²) < 4.78 is 6.69. The summed E-state index contributed by atoms with van der Waals surface area (Å²) in [7, 11) is 0. The van der Waals surface area contributed by atoms with E-state index < -0.39 is 0 Å². The Morgan fingerprint density at radius 2 is 1.27 bits per heavy atom. The van der Waals surface area contributed by atoms with Crippen molar-refractivity contribution in [3.8, 4) is 56.4 Å². The van der Waals surface area contributed by atoms with E-state index in [0.717, 1.165) is 88.5 Å². The Morgan fingerprint density at radius 3 is 2.07 bits per heavy atom. The molecular formula is C50H36N4O. The molecule has 9 rings (SSSR count). The van der Waals surface area contributed by atoms with E-state index in [2.05, 4.69) is 133 Å². The monoisotopic (exact) mass is 708 g/mol. The van der Waals surface area contributed by atoms with Gasteiger partial charge in [-0.3, -0.25) is 4.98 Å². The quantitative estimate of drug-likeness (QED) is 0.147. The number of pyridine rings is 1. The lowest BCUT2D eigenvalue weighted by Gasteiger charge is -2.14. The number of furan rings is 1. The predicted molar refractivity (Wildman–Crippen MR) is 227 cm³/mol. The van der Waals surface area contributed by atoms with Gasteiger partial charge in [-0.1, -0.05) is 140 Å². The first kappa shape index (κ1) is 33.6. The Kier molecular flexibility index (Phi) is 8.73. The molecule has 0 aliphatic carbocycles. The topological polar surface area (TPSA) is 64.7 Å². The van der Waals surface area contributed by atoms with Crippen LogP contribution in [-0.4, -0.2) is 19.9 Å². The number of hydrogen-bond acceptors (Lipinski definition) is 5. The molecule has 0 fully saturated rings. The molecule has 0 unspecified atom stereocenters. The maximum Gasteiger partial charge on any atom is 0.167 e. The van der Waals surface area contributed by atoms with Crippen LogP contribution in [0.5, 0.6) is 0 Å². The standard InChI is InChI=1S/C50H36N4O/c1-4-14-33(15-5-2)35-18-12-19-36(28-35)48-52-49(43-24-13-17-34-16-6-7-20-39(34)43)54-50(53-48)45-30-38(29-44-42-23-10-11-25-46(42)55-47(44)45)41-22-9-8-21-40(41)37-27-26-32(3)51-31-37/h4-31H,1H2,2-3H3/b15-5-,33-14+. The Morgan fingerprint density at radius 1 is 0.582 bits per heavy atom. The van der Waals surface area contributed by atoms with Crippen molar-refractivity contribution in [3.05, 3.63) is 188 Å². The highest BCUT2D eigenvalue weighted by Crippen LogP contribution is 2.42. The molecule has 5 nitrogen and oxygen atoms in total. The normalized spacial score (nSPS) is 11.9. The number of benzene rings is 6. The molecule has 55 heavy (non-hydrogen) atoms. The lowest BCUT2D eigenvalue weighted by atomic mass is 9.92. The molecule has 0 radical (unpaired) electrons. The molecule has 0 aliphatic heterocycles. The molecule has 0 amide bonds. The van der Waals surface area contributed by atoms with Gasteiger partial charge in [0.05, 0.1) is 5.56 Å². The fourth-order valence-corrected chi connectivity index (χ4v) is 7.32. The molecule has 0 aliphatic rings. The smallest absolute Gasteiger partial charge is 0.167 e. The average molecular weight is 709 g/mol. The van der Waals surface area contributed by atoms with Crippen LogP contribution in [0.15, 0.2) is 181 Å². The number of aromatic nitrogens is 4. The molecule has 0 bridgehead atoms. The first-order chi connectivity index (χ1) is 27.1. The molecule has 3 heterocycles. The lowest BCUT2D eigenvalue weighted by molar-refractivity contribution is 0.669. The summed E-state index contributed by atoms with van der Waals surface area (Å²) >= 11 is 0. The van der Waals surface area contributed by atoms with Crippen LogP contribution >= 0.6 is 0 Å². The van der Waals surface area contributed by atoms with Gasteiger partial charge in [0.25, 0.3) is 0 Å². The second kappa shape index (κ2) is 14.3. The van der Waals surface area contributed by atoms with Crippen LogP contribution in [-0.2, 0) is 0 Å². The van der Waals surface area contributed by atoms with Gasteiger partial charge < -0.3 is 4.42 Å². The Bertz CT molecular complexity index is 2960.